The lowest BCUT2D eigenvalue weighted by atomic mass is 9.62. The van der Waals surface area contributed by atoms with E-state index in [0.29, 0.717) is 19.3 Å². The molecule has 20 heteroatoms. The summed E-state index contributed by atoms with van der Waals surface area (Å²) < 4.78 is 12.2. The highest BCUT2D eigenvalue weighted by Crippen LogP contribution is 2.47. The Morgan fingerprint density at radius 2 is 0.915 bits per heavy atom. The van der Waals surface area contributed by atoms with Gasteiger partial charge in [-0.25, -0.2) is 0 Å². The predicted molar refractivity (Wildman–Crippen MR) is 208 cm³/mol. The Kier molecular flexibility index (Phi) is 41.3. The van der Waals surface area contributed by atoms with Gasteiger partial charge in [0.1, 0.15) is 12.1 Å². The molecule has 3 N–H and O–H groups in total. The first kappa shape index (κ1) is 66.4. The Balaban J connectivity index is -0.000000183. The number of carbonyl (C=O) groups excluding carboxylic acids is 9. The fourth-order valence-electron chi connectivity index (χ4n) is 7.57. The lowest BCUT2D eigenvalue weighted by molar-refractivity contribution is -0.545. The van der Waals surface area contributed by atoms with Gasteiger partial charge in [0.2, 0.25) is 18.0 Å². The maximum absolute atomic E-state index is 11.7. The second-order valence-electron chi connectivity index (χ2n) is 13.6. The quantitative estimate of drug-likeness (QED) is 0.149. The van der Waals surface area contributed by atoms with E-state index in [2.05, 4.69) is 5.32 Å². The first-order valence-corrected chi connectivity index (χ1v) is 19.0. The molecule has 2 saturated carbocycles. The van der Waals surface area contributed by atoms with E-state index in [1.54, 1.807) is 0 Å². The summed E-state index contributed by atoms with van der Waals surface area (Å²) in [7, 11) is 0. The molecule has 0 aromatic heterocycles. The van der Waals surface area contributed by atoms with Crippen LogP contribution in [-0.4, -0.2) is 105 Å². The highest BCUT2D eigenvalue weighted by atomic mass is 16.6. The molecule has 0 spiro atoms. The van der Waals surface area contributed by atoms with Gasteiger partial charge in [0.15, 0.2) is 0 Å². The van der Waals surface area contributed by atoms with Gasteiger partial charge in [-0.05, 0) is 51.4 Å². The fraction of sp³-hybridized carbons (Fsp3) is 0.872. The first-order valence-electron chi connectivity index (χ1n) is 19.0. The van der Waals surface area contributed by atoms with E-state index in [1.165, 1.54) is 6.92 Å². The molecule has 0 radical (unpaired) electrons. The minimum absolute atomic E-state index is 0. The number of amides is 1. The number of hydrogen-bond acceptors (Lipinski definition) is 17. The number of carbonyl (C=O) groups is 1. The van der Waals surface area contributed by atoms with E-state index in [4.69, 9.17) is 47.8 Å². The predicted octanol–water partition coefficient (Wildman–Crippen LogP) is 4.63. The summed E-state index contributed by atoms with van der Waals surface area (Å²) in [4.78, 5) is 99.2. The number of nitrogens with one attached hydrogen (secondary N) is 1. The second kappa shape index (κ2) is 36.7. The molecule has 2 aliphatic rings. The van der Waals surface area contributed by atoms with E-state index < -0.39 is 53.4 Å². The van der Waals surface area contributed by atoms with E-state index in [0.717, 1.165) is 38.5 Å². The topological polar surface area (TPSA) is 311 Å². The van der Waals surface area contributed by atoms with Crippen molar-refractivity contribution in [2.24, 2.45) is 16.7 Å². The van der Waals surface area contributed by atoms with Crippen LogP contribution in [0.25, 0.3) is 0 Å². The third-order valence-electron chi connectivity index (χ3n) is 11.3. The molecule has 0 saturated heterocycles. The van der Waals surface area contributed by atoms with Crippen LogP contribution < -0.4 is 5.32 Å². The zero-order valence-corrected chi connectivity index (χ0v) is 34.8. The summed E-state index contributed by atoms with van der Waals surface area (Å²) in [6.45, 7) is 19.1. The number of nitro groups is 2. The molecule has 0 unspecified atom stereocenters. The maximum atomic E-state index is 11.7. The third-order valence-corrected chi connectivity index (χ3v) is 11.3. The van der Waals surface area contributed by atoms with Crippen molar-refractivity contribution < 1.29 is 72.7 Å². The lowest BCUT2D eigenvalue weighted by Gasteiger charge is -2.49. The zero-order chi connectivity index (χ0) is 45.5. The third kappa shape index (κ3) is 21.5. The molecule has 0 aliphatic heterocycles. The molecule has 2 aliphatic carbocycles. The number of rotatable bonds is 15. The van der Waals surface area contributed by atoms with Gasteiger partial charge < -0.3 is 25.0 Å². The maximum Gasteiger partial charge on any atom is 0.373 e. The van der Waals surface area contributed by atoms with Crippen molar-refractivity contribution in [3.05, 3.63) is 20.2 Å². The molecule has 8 atom stereocenters. The van der Waals surface area contributed by atoms with Crippen LogP contribution >= 0.6 is 0 Å². The van der Waals surface area contributed by atoms with Crippen LogP contribution in [0.15, 0.2) is 0 Å². The SMILES string of the molecule is C.C.CCC(CC)O[C@H]1[C@H](C)[C@@H]([N+](=O)[O-])CC(CC)(CC)[C@@H]1O.CCC(CC)O[C@H]1[C@H](NC(C)=O)[C@H]([N+](=O)[O-])CC(CC)(CC)[C@@H]1O.O=C=O.O=C=O.O=C=O.O=C=O. The van der Waals surface area contributed by atoms with Gasteiger partial charge in [-0.1, -0.05) is 77.2 Å². The molecular formula is C39H71N3O17. The molecule has 0 bridgehead atoms. The van der Waals surface area contributed by atoms with Crippen LogP contribution in [0.1, 0.15) is 148 Å². The summed E-state index contributed by atoms with van der Waals surface area (Å²) in [5, 5.41) is 47.6. The van der Waals surface area contributed by atoms with Crippen molar-refractivity contribution in [2.75, 3.05) is 0 Å². The van der Waals surface area contributed by atoms with Crippen molar-refractivity contribution >= 4 is 30.5 Å². The highest BCUT2D eigenvalue weighted by molar-refractivity contribution is 5.73. The Morgan fingerprint density at radius 3 is 1.17 bits per heavy atom. The van der Waals surface area contributed by atoms with Crippen LogP contribution in [-0.2, 0) is 52.6 Å². The number of ether oxygens (including phenoxy) is 2. The molecule has 59 heavy (non-hydrogen) atoms. The van der Waals surface area contributed by atoms with E-state index >= 15 is 0 Å². The first-order chi connectivity index (χ1) is 26.8. The zero-order valence-electron chi connectivity index (χ0n) is 34.8. The number of hydrogen-bond donors (Lipinski definition) is 3. The fourth-order valence-corrected chi connectivity index (χ4v) is 7.57. The monoisotopic (exact) mass is 853 g/mol. The van der Waals surface area contributed by atoms with Gasteiger partial charge in [0, 0.05) is 40.4 Å². The molecular weight excluding hydrogens is 782 g/mol. The summed E-state index contributed by atoms with van der Waals surface area (Å²) in [5.74, 6) is -0.612. The molecule has 344 valence electrons. The molecule has 20 nitrogen and oxygen atoms in total. The van der Waals surface area contributed by atoms with E-state index in [-0.39, 0.29) is 79.8 Å². The largest absolute Gasteiger partial charge is 0.390 e. The van der Waals surface area contributed by atoms with E-state index in [9.17, 15) is 35.2 Å². The molecule has 1 amide bonds. The minimum atomic E-state index is -0.962. The van der Waals surface area contributed by atoms with Gasteiger partial charge in [-0.3, -0.25) is 25.0 Å². The summed E-state index contributed by atoms with van der Waals surface area (Å²) in [6.07, 6.45) is 4.91. The lowest BCUT2D eigenvalue weighted by Crippen LogP contribution is -2.66. The second-order valence-corrected chi connectivity index (χ2v) is 13.6. The van der Waals surface area contributed by atoms with Crippen LogP contribution in [0, 0.1) is 37.0 Å². The normalized spacial score (nSPS) is 24.0. The van der Waals surface area contributed by atoms with Crippen molar-refractivity contribution in [2.45, 2.75) is 203 Å². The summed E-state index contributed by atoms with van der Waals surface area (Å²) >= 11 is 0. The van der Waals surface area contributed by atoms with Crippen molar-refractivity contribution in [1.82, 2.24) is 5.32 Å². The van der Waals surface area contributed by atoms with Crippen LogP contribution in [0.4, 0.5) is 0 Å². The van der Waals surface area contributed by atoms with Gasteiger partial charge >= 0.3 is 24.6 Å². The number of aliphatic hydroxyl groups is 2. The summed E-state index contributed by atoms with van der Waals surface area (Å²) in [6, 6.07) is -2.41. The van der Waals surface area contributed by atoms with Gasteiger partial charge in [0.25, 0.3) is 0 Å². The van der Waals surface area contributed by atoms with Crippen LogP contribution in [0.2, 0.25) is 0 Å². The molecule has 0 aromatic carbocycles. The Morgan fingerprint density at radius 1 is 0.644 bits per heavy atom. The molecule has 2 rings (SSSR count). The average molecular weight is 854 g/mol. The Bertz CT molecular complexity index is 1230. The standard InChI is InChI=1S/C17H32N2O5.C16H31NO4.4CO2.2CH4/c1-6-12(7-2)24-15-14(18-11(5)20)13(19(22)23)10-17(8-3,9-4)16(15)21;1-6-12(7-2)21-14-11(5)13(17(19)20)10-16(8-3,9-4)15(14)18;4*2-1-3;;/h12-16,21H,6-10H2,1-5H3,(H,18,20);11-15,18H,6-10H2,1-5H3;;;;;2*1H4/t13-,14-,15+,16-;11-,13+,14+,15-;;;;;;/m11....../s1. The Hall–Kier alpha value is -4.37. The van der Waals surface area contributed by atoms with Crippen LogP contribution in [0.3, 0.4) is 0 Å². The van der Waals surface area contributed by atoms with Gasteiger partial charge in [-0.2, -0.15) is 38.4 Å². The average Bonchev–Trinajstić information content (AvgIpc) is 3.17. The molecule has 2 fully saturated rings. The van der Waals surface area contributed by atoms with Crippen molar-refractivity contribution in [3.8, 4) is 0 Å². The minimum Gasteiger partial charge on any atom is -0.390 e. The van der Waals surface area contributed by atoms with E-state index in [1.807, 2.05) is 62.3 Å². The number of aliphatic hydroxyl groups excluding tert-OH is 2. The van der Waals surface area contributed by atoms with Crippen LogP contribution in [0.5, 0.6) is 0 Å². The summed E-state index contributed by atoms with van der Waals surface area (Å²) in [5.41, 5.74) is -0.968. The molecule has 0 aromatic rings. The smallest absolute Gasteiger partial charge is 0.373 e. The Labute approximate surface area is 348 Å². The van der Waals surface area contributed by atoms with Crippen molar-refractivity contribution in [3.63, 3.8) is 0 Å². The van der Waals surface area contributed by atoms with Gasteiger partial charge in [-0.15, -0.1) is 0 Å². The van der Waals surface area contributed by atoms with Gasteiger partial charge in [0.05, 0.1) is 36.4 Å². The van der Waals surface area contributed by atoms with Crippen molar-refractivity contribution in [1.29, 1.82) is 0 Å². The molecule has 0 heterocycles. The highest BCUT2D eigenvalue weighted by Gasteiger charge is 2.57. The number of nitrogens with zero attached hydrogens (tertiary/aromatic N) is 2.